The van der Waals surface area contributed by atoms with E-state index in [-0.39, 0.29) is 39.6 Å². The Hall–Kier alpha value is -5.24. The minimum atomic E-state index is -0.203. The van der Waals surface area contributed by atoms with Crippen molar-refractivity contribution in [2.75, 3.05) is 21.3 Å². The smallest absolute Gasteiger partial charge is 0.204 e. The van der Waals surface area contributed by atoms with Crippen molar-refractivity contribution in [3.05, 3.63) is 113 Å². The molecule has 0 unspecified atom stereocenters. The van der Waals surface area contributed by atoms with E-state index in [9.17, 15) is 19.8 Å². The molecule has 0 saturated heterocycles. The Kier molecular flexibility index (Phi) is 8.16. The van der Waals surface area contributed by atoms with E-state index in [0.29, 0.717) is 28.0 Å². The lowest BCUT2D eigenvalue weighted by Crippen LogP contribution is -2.05. The summed E-state index contributed by atoms with van der Waals surface area (Å²) in [7, 11) is 4.50. The second kappa shape index (κ2) is 11.9. The molecule has 0 aliphatic rings. The number of phenolic OH excluding ortho intramolecular Hbond substituents is 2. The first kappa shape index (κ1) is 26.8. The third kappa shape index (κ3) is 5.70. The Morgan fingerprint density at radius 3 is 2.03 bits per heavy atom. The van der Waals surface area contributed by atoms with E-state index >= 15 is 0 Å². The molecule has 0 aliphatic carbocycles. The molecule has 8 heteroatoms. The molecule has 5 rings (SSSR count). The summed E-state index contributed by atoms with van der Waals surface area (Å²) in [6, 6.07) is 23.5. The van der Waals surface area contributed by atoms with Crippen LogP contribution in [0.15, 0.2) is 100 Å². The van der Waals surface area contributed by atoms with Crippen molar-refractivity contribution in [3.63, 3.8) is 0 Å². The second-order valence-corrected chi connectivity index (χ2v) is 8.28. The zero-order valence-corrected chi connectivity index (χ0v) is 21.5. The van der Waals surface area contributed by atoms with Crippen LogP contribution in [0.3, 0.4) is 0 Å². The topological polar surface area (TPSA) is 115 Å². The Bertz CT molecular complexity index is 1660. The number of fused-ring (bicyclic) bond motifs is 1. The van der Waals surface area contributed by atoms with Crippen LogP contribution in [0, 0.1) is 0 Å². The fourth-order valence-corrected chi connectivity index (χ4v) is 3.91. The van der Waals surface area contributed by atoms with Crippen molar-refractivity contribution in [3.8, 4) is 39.9 Å². The molecule has 2 N–H and O–H groups in total. The zero-order chi connectivity index (χ0) is 27.9. The molecule has 0 radical (unpaired) electrons. The van der Waals surface area contributed by atoms with E-state index in [1.807, 2.05) is 6.07 Å². The predicted molar refractivity (Wildman–Crippen MR) is 147 cm³/mol. The van der Waals surface area contributed by atoms with Crippen molar-refractivity contribution < 1.29 is 33.6 Å². The highest BCUT2D eigenvalue weighted by Gasteiger charge is 2.16. The van der Waals surface area contributed by atoms with Crippen LogP contribution in [0.4, 0.5) is 0 Å². The van der Waals surface area contributed by atoms with E-state index in [2.05, 4.69) is 0 Å². The highest BCUT2D eigenvalue weighted by Crippen LogP contribution is 2.34. The molecule has 4 aromatic carbocycles. The summed E-state index contributed by atoms with van der Waals surface area (Å²) in [4.78, 5) is 24.7. The molecule has 0 amide bonds. The van der Waals surface area contributed by atoms with Gasteiger partial charge < -0.3 is 28.8 Å². The van der Waals surface area contributed by atoms with Crippen LogP contribution in [0.1, 0.15) is 15.9 Å². The van der Waals surface area contributed by atoms with E-state index < -0.39 is 0 Å². The molecule has 1 aromatic heterocycles. The Labute approximate surface area is 224 Å². The molecule has 0 spiro atoms. The third-order valence-electron chi connectivity index (χ3n) is 5.97. The number of phenols is 2. The van der Waals surface area contributed by atoms with Crippen LogP contribution in [0.25, 0.3) is 22.1 Å². The highest BCUT2D eigenvalue weighted by atomic mass is 16.5. The first-order valence-corrected chi connectivity index (χ1v) is 11.8. The van der Waals surface area contributed by atoms with Gasteiger partial charge in [-0.25, -0.2) is 0 Å². The van der Waals surface area contributed by atoms with Gasteiger partial charge in [-0.15, -0.1) is 0 Å². The monoisotopic (exact) mass is 526 g/mol. The molecular weight excluding hydrogens is 500 g/mol. The summed E-state index contributed by atoms with van der Waals surface area (Å²) in [6.07, 6.45) is 1.37. The zero-order valence-electron chi connectivity index (χ0n) is 21.5. The molecule has 0 aliphatic heterocycles. The second-order valence-electron chi connectivity index (χ2n) is 8.28. The van der Waals surface area contributed by atoms with Crippen molar-refractivity contribution in [1.29, 1.82) is 0 Å². The predicted octanol–water partition coefficient (Wildman–Crippen LogP) is 5.81. The molecule has 8 nitrogen and oxygen atoms in total. The van der Waals surface area contributed by atoms with Crippen molar-refractivity contribution in [1.82, 2.24) is 0 Å². The largest absolute Gasteiger partial charge is 0.507 e. The van der Waals surface area contributed by atoms with Gasteiger partial charge in [-0.1, -0.05) is 42.5 Å². The number of carbonyl (C=O) groups is 1. The number of hydrogen-bond acceptors (Lipinski definition) is 8. The summed E-state index contributed by atoms with van der Waals surface area (Å²) in [6.45, 7) is 0. The van der Waals surface area contributed by atoms with Crippen LogP contribution in [0.5, 0.6) is 28.7 Å². The van der Waals surface area contributed by atoms with Crippen LogP contribution in [0.2, 0.25) is 0 Å². The van der Waals surface area contributed by atoms with Gasteiger partial charge in [0.25, 0.3) is 0 Å². The maximum atomic E-state index is 12.6. The molecule has 39 heavy (non-hydrogen) atoms. The quantitative estimate of drug-likeness (QED) is 0.266. The molecule has 0 saturated carbocycles. The van der Waals surface area contributed by atoms with Gasteiger partial charge in [0.15, 0.2) is 17.1 Å². The van der Waals surface area contributed by atoms with Gasteiger partial charge in [0.2, 0.25) is 11.2 Å². The first-order chi connectivity index (χ1) is 18.9. The molecule has 198 valence electrons. The Morgan fingerprint density at radius 2 is 1.41 bits per heavy atom. The van der Waals surface area contributed by atoms with Gasteiger partial charge in [-0.3, -0.25) is 9.59 Å². The Balaban J connectivity index is 0.000000187. The first-order valence-electron chi connectivity index (χ1n) is 11.8. The standard InChI is InChI=1S/C17H14O5.C14H12O3/c1-20-11-5-3-10(4-6-11)13-9-22-16-12(15(13)19)7-8-14(18)17(16)21-2;1-17-11-7-8-12(13(15)9-11)14(16)10-5-3-2-4-6-10/h3-9,18H,1-2H3;2-9,15H,1H3. The van der Waals surface area contributed by atoms with Crippen LogP contribution in [-0.4, -0.2) is 37.3 Å². The summed E-state index contributed by atoms with van der Waals surface area (Å²) in [5.41, 5.74) is 2.02. The lowest BCUT2D eigenvalue weighted by molar-refractivity contribution is 0.103. The minimum absolute atomic E-state index is 0.0711. The number of ketones is 1. The number of benzene rings is 4. The van der Waals surface area contributed by atoms with Crippen LogP contribution >= 0.6 is 0 Å². The summed E-state index contributed by atoms with van der Waals surface area (Å²) in [5.74, 6) is 1.03. The van der Waals surface area contributed by atoms with Gasteiger partial charge in [0.1, 0.15) is 23.5 Å². The van der Waals surface area contributed by atoms with Gasteiger partial charge >= 0.3 is 0 Å². The molecule has 0 atom stereocenters. The number of methoxy groups -OCH3 is 3. The van der Waals surface area contributed by atoms with E-state index in [1.165, 1.54) is 38.7 Å². The number of hydrogen-bond donors (Lipinski definition) is 2. The minimum Gasteiger partial charge on any atom is -0.507 e. The molecular formula is C31H26O8. The van der Waals surface area contributed by atoms with Gasteiger partial charge in [-0.2, -0.15) is 0 Å². The highest BCUT2D eigenvalue weighted by molar-refractivity contribution is 6.10. The van der Waals surface area contributed by atoms with Crippen LogP contribution < -0.4 is 19.6 Å². The molecule has 1 heterocycles. The van der Waals surface area contributed by atoms with Gasteiger partial charge in [0, 0.05) is 11.6 Å². The summed E-state index contributed by atoms with van der Waals surface area (Å²) < 4.78 is 20.7. The normalized spacial score (nSPS) is 10.3. The third-order valence-corrected chi connectivity index (χ3v) is 5.97. The van der Waals surface area contributed by atoms with E-state index in [0.717, 1.165) is 5.56 Å². The average Bonchev–Trinajstić information content (AvgIpc) is 2.98. The fraction of sp³-hybridized carbons (Fsp3) is 0.0968. The number of rotatable bonds is 6. The molecule has 0 fully saturated rings. The maximum Gasteiger partial charge on any atom is 0.204 e. The summed E-state index contributed by atoms with van der Waals surface area (Å²) >= 11 is 0. The van der Waals surface area contributed by atoms with Crippen LogP contribution in [-0.2, 0) is 0 Å². The number of carbonyl (C=O) groups excluding carboxylic acids is 1. The van der Waals surface area contributed by atoms with E-state index in [1.54, 1.807) is 67.8 Å². The van der Waals surface area contributed by atoms with Crippen molar-refractivity contribution in [2.45, 2.75) is 0 Å². The lowest BCUT2D eigenvalue weighted by Gasteiger charge is -2.08. The van der Waals surface area contributed by atoms with Gasteiger partial charge in [-0.05, 0) is 42.0 Å². The number of ether oxygens (including phenoxy) is 3. The fourth-order valence-electron chi connectivity index (χ4n) is 3.91. The van der Waals surface area contributed by atoms with Crippen molar-refractivity contribution >= 4 is 16.8 Å². The summed E-state index contributed by atoms with van der Waals surface area (Å²) in [5, 5.41) is 19.8. The SMILES string of the molecule is COc1ccc(-c2coc3c(OC)c(O)ccc3c2=O)cc1.COc1ccc(C(=O)c2ccccc2)c(O)c1. The van der Waals surface area contributed by atoms with Gasteiger partial charge in [0.05, 0.1) is 37.8 Å². The average molecular weight is 527 g/mol. The maximum absolute atomic E-state index is 12.6. The Morgan fingerprint density at radius 1 is 0.744 bits per heavy atom. The molecule has 0 bridgehead atoms. The lowest BCUT2D eigenvalue weighted by atomic mass is 10.0. The van der Waals surface area contributed by atoms with Crippen molar-refractivity contribution in [2.24, 2.45) is 0 Å². The van der Waals surface area contributed by atoms with E-state index in [4.69, 9.17) is 18.6 Å². The number of aromatic hydroxyl groups is 2. The molecule has 5 aromatic rings.